The number of hydrogen-bond donors (Lipinski definition) is 1. The maximum Gasteiger partial charge on any atom is 0.411 e. The van der Waals surface area contributed by atoms with Gasteiger partial charge in [0.25, 0.3) is 0 Å². The van der Waals surface area contributed by atoms with Crippen LogP contribution in [0.4, 0.5) is 4.79 Å². The number of ether oxygens (including phenoxy) is 2. The van der Waals surface area contributed by atoms with Gasteiger partial charge in [-0.1, -0.05) is 0 Å². The number of carbonyl (C=O) groups is 3. The van der Waals surface area contributed by atoms with Crippen molar-refractivity contribution in [2.75, 3.05) is 7.11 Å². The predicted molar refractivity (Wildman–Crippen MR) is 68.8 cm³/mol. The SMILES string of the molecule is COC(=O)[C@H]1NC(=O)C2CCC1N2C(=O)OC(C)(C)C. The van der Waals surface area contributed by atoms with Gasteiger partial charge in [-0.3, -0.25) is 9.69 Å². The van der Waals surface area contributed by atoms with Gasteiger partial charge in [0.1, 0.15) is 17.7 Å². The molecule has 0 aromatic heterocycles. The van der Waals surface area contributed by atoms with E-state index in [9.17, 15) is 14.4 Å². The van der Waals surface area contributed by atoms with Gasteiger partial charge in [-0.15, -0.1) is 0 Å². The van der Waals surface area contributed by atoms with Crippen LogP contribution in [0, 0.1) is 0 Å². The van der Waals surface area contributed by atoms with Gasteiger partial charge in [-0.2, -0.15) is 0 Å². The Labute approximate surface area is 117 Å². The van der Waals surface area contributed by atoms with Crippen molar-refractivity contribution in [3.8, 4) is 0 Å². The second kappa shape index (κ2) is 4.96. The number of carbonyl (C=O) groups excluding carboxylic acids is 3. The minimum Gasteiger partial charge on any atom is -0.467 e. The smallest absolute Gasteiger partial charge is 0.411 e. The second-order valence-electron chi connectivity index (χ2n) is 6.06. The summed E-state index contributed by atoms with van der Waals surface area (Å²) in [5.41, 5.74) is -0.648. The van der Waals surface area contributed by atoms with Crippen LogP contribution in [0.1, 0.15) is 33.6 Å². The van der Waals surface area contributed by atoms with Gasteiger partial charge >= 0.3 is 12.1 Å². The molecule has 20 heavy (non-hydrogen) atoms. The van der Waals surface area contributed by atoms with Crippen LogP contribution in [0.15, 0.2) is 0 Å². The summed E-state index contributed by atoms with van der Waals surface area (Å²) in [6, 6.07) is -1.78. The van der Waals surface area contributed by atoms with E-state index >= 15 is 0 Å². The molecular formula is C13H20N2O5. The molecule has 7 nitrogen and oxygen atoms in total. The first-order valence-electron chi connectivity index (χ1n) is 6.64. The quantitative estimate of drug-likeness (QED) is 0.706. The third-order valence-corrected chi connectivity index (χ3v) is 3.47. The highest BCUT2D eigenvalue weighted by Gasteiger charge is 2.53. The van der Waals surface area contributed by atoms with E-state index in [0.717, 1.165) is 0 Å². The lowest BCUT2D eigenvalue weighted by atomic mass is 10.1. The van der Waals surface area contributed by atoms with Crippen LogP contribution in [0.5, 0.6) is 0 Å². The zero-order valence-electron chi connectivity index (χ0n) is 12.1. The molecule has 0 radical (unpaired) electrons. The third kappa shape index (κ3) is 2.57. The Bertz CT molecular complexity index is 443. The Morgan fingerprint density at radius 2 is 1.95 bits per heavy atom. The first-order chi connectivity index (χ1) is 9.24. The average Bonchev–Trinajstić information content (AvgIpc) is 2.70. The fourth-order valence-electron chi connectivity index (χ4n) is 2.69. The molecule has 2 heterocycles. The lowest BCUT2D eigenvalue weighted by Gasteiger charge is -2.39. The Morgan fingerprint density at radius 1 is 1.30 bits per heavy atom. The summed E-state index contributed by atoms with van der Waals surface area (Å²) in [7, 11) is 1.26. The molecule has 3 atom stereocenters. The molecule has 1 N–H and O–H groups in total. The van der Waals surface area contributed by atoms with Crippen molar-refractivity contribution in [2.24, 2.45) is 0 Å². The molecule has 2 amide bonds. The lowest BCUT2D eigenvalue weighted by molar-refractivity contribution is -0.150. The normalized spacial score (nSPS) is 28.9. The highest BCUT2D eigenvalue weighted by Crippen LogP contribution is 2.32. The number of rotatable bonds is 1. The number of nitrogens with zero attached hydrogens (tertiary/aromatic N) is 1. The zero-order chi connectivity index (χ0) is 15.1. The average molecular weight is 284 g/mol. The molecule has 0 aliphatic carbocycles. The molecule has 7 heteroatoms. The van der Waals surface area contributed by atoms with E-state index in [-0.39, 0.29) is 5.91 Å². The largest absolute Gasteiger partial charge is 0.467 e. The zero-order valence-corrected chi connectivity index (χ0v) is 12.1. The van der Waals surface area contributed by atoms with E-state index < -0.39 is 35.8 Å². The fraction of sp³-hybridized carbons (Fsp3) is 0.769. The van der Waals surface area contributed by atoms with Gasteiger partial charge in [0, 0.05) is 0 Å². The molecule has 2 aliphatic rings. The van der Waals surface area contributed by atoms with Crippen LogP contribution >= 0.6 is 0 Å². The number of methoxy groups -OCH3 is 1. The number of fused-ring (bicyclic) bond motifs is 2. The number of esters is 1. The van der Waals surface area contributed by atoms with Crippen LogP contribution in [0.3, 0.4) is 0 Å². The van der Waals surface area contributed by atoms with Crippen molar-refractivity contribution >= 4 is 18.0 Å². The monoisotopic (exact) mass is 284 g/mol. The lowest BCUT2D eigenvalue weighted by Crippen LogP contribution is -2.65. The van der Waals surface area contributed by atoms with Crippen molar-refractivity contribution in [2.45, 2.75) is 57.3 Å². The van der Waals surface area contributed by atoms with Crippen LogP contribution in [-0.2, 0) is 19.1 Å². The number of piperazine rings is 1. The van der Waals surface area contributed by atoms with Crippen molar-refractivity contribution in [3.63, 3.8) is 0 Å². The van der Waals surface area contributed by atoms with Gasteiger partial charge < -0.3 is 14.8 Å². The Kier molecular flexibility index (Phi) is 3.62. The molecule has 0 spiro atoms. The van der Waals surface area contributed by atoms with Crippen LogP contribution in [0.25, 0.3) is 0 Å². The summed E-state index contributed by atoms with van der Waals surface area (Å²) >= 11 is 0. The van der Waals surface area contributed by atoms with Crippen molar-refractivity contribution in [3.05, 3.63) is 0 Å². The van der Waals surface area contributed by atoms with Crippen molar-refractivity contribution < 1.29 is 23.9 Å². The molecule has 2 rings (SSSR count). The maximum absolute atomic E-state index is 12.2. The summed E-state index contributed by atoms with van der Waals surface area (Å²) < 4.78 is 10.0. The Morgan fingerprint density at radius 3 is 2.50 bits per heavy atom. The molecule has 0 aromatic carbocycles. The van der Waals surface area contributed by atoms with Gasteiger partial charge in [-0.05, 0) is 33.6 Å². The van der Waals surface area contributed by atoms with Gasteiger partial charge in [0.05, 0.1) is 13.2 Å². The van der Waals surface area contributed by atoms with Crippen molar-refractivity contribution in [1.82, 2.24) is 10.2 Å². The standard InChI is InChI=1S/C13H20N2O5/c1-13(2,3)20-12(18)15-7-5-6-8(15)10(16)14-9(7)11(17)19-4/h7-9H,5-6H2,1-4H3,(H,14,16)/t7?,8?,9-/m0/s1. The first-order valence-corrected chi connectivity index (χ1v) is 6.64. The van der Waals surface area contributed by atoms with E-state index in [1.165, 1.54) is 12.0 Å². The van der Waals surface area contributed by atoms with Gasteiger partial charge in [-0.25, -0.2) is 9.59 Å². The number of hydrogen-bond acceptors (Lipinski definition) is 5. The molecule has 2 unspecified atom stereocenters. The molecule has 2 saturated heterocycles. The maximum atomic E-state index is 12.2. The summed E-state index contributed by atoms with van der Waals surface area (Å²) in [5, 5.41) is 2.61. The molecule has 0 saturated carbocycles. The summed E-state index contributed by atoms with van der Waals surface area (Å²) in [4.78, 5) is 37.4. The van der Waals surface area contributed by atoms with Crippen LogP contribution < -0.4 is 5.32 Å². The van der Waals surface area contributed by atoms with E-state index in [0.29, 0.717) is 12.8 Å². The first kappa shape index (κ1) is 14.6. The second-order valence-corrected chi connectivity index (χ2v) is 6.06. The van der Waals surface area contributed by atoms with E-state index in [1.807, 2.05) is 0 Å². The molecule has 2 fully saturated rings. The topological polar surface area (TPSA) is 84.9 Å². The molecule has 112 valence electrons. The molecule has 0 aromatic rings. The highest BCUT2D eigenvalue weighted by molar-refractivity contribution is 5.93. The summed E-state index contributed by atoms with van der Waals surface area (Å²) in [6.07, 6.45) is 0.541. The molecule has 2 bridgehead atoms. The van der Waals surface area contributed by atoms with E-state index in [1.54, 1.807) is 20.8 Å². The summed E-state index contributed by atoms with van der Waals surface area (Å²) in [6.45, 7) is 5.28. The van der Waals surface area contributed by atoms with Gasteiger partial charge in [0.2, 0.25) is 5.91 Å². The van der Waals surface area contributed by atoms with Crippen molar-refractivity contribution in [1.29, 1.82) is 0 Å². The molecular weight excluding hydrogens is 264 g/mol. The number of amides is 2. The van der Waals surface area contributed by atoms with Crippen LogP contribution in [0.2, 0.25) is 0 Å². The minimum absolute atomic E-state index is 0.333. The Hall–Kier alpha value is -1.79. The van der Waals surface area contributed by atoms with Crippen LogP contribution in [-0.4, -0.2) is 53.7 Å². The third-order valence-electron chi connectivity index (χ3n) is 3.47. The minimum atomic E-state index is -0.821. The predicted octanol–water partition coefficient (Wildman–Crippen LogP) is 0.426. The Balaban J connectivity index is 2.22. The summed E-state index contributed by atoms with van der Waals surface area (Å²) in [5.74, 6) is -0.878. The fourth-order valence-corrected chi connectivity index (χ4v) is 2.69. The molecule has 2 aliphatic heterocycles. The highest BCUT2D eigenvalue weighted by atomic mass is 16.6. The van der Waals surface area contributed by atoms with Gasteiger partial charge in [0.15, 0.2) is 0 Å². The van der Waals surface area contributed by atoms with E-state index in [4.69, 9.17) is 4.74 Å². The van der Waals surface area contributed by atoms with E-state index in [2.05, 4.69) is 10.1 Å². The number of nitrogens with one attached hydrogen (secondary N) is 1.